The lowest BCUT2D eigenvalue weighted by Gasteiger charge is -2.27. The smallest absolute Gasteiger partial charge is 0.250 e. The van der Waals surface area contributed by atoms with Crippen LogP contribution in [-0.4, -0.2) is 11.6 Å². The van der Waals surface area contributed by atoms with E-state index in [0.717, 1.165) is 5.71 Å². The van der Waals surface area contributed by atoms with Crippen molar-refractivity contribution in [2.24, 2.45) is 16.3 Å². The van der Waals surface area contributed by atoms with Crippen LogP contribution in [0.4, 0.5) is 0 Å². The highest BCUT2D eigenvalue weighted by atomic mass is 16.1. The largest absolute Gasteiger partial charge is 0.272 e. The van der Waals surface area contributed by atoms with Gasteiger partial charge in [-0.05, 0) is 17.6 Å². The molecule has 0 N–H and O–H groups in total. The molecule has 0 atom stereocenters. The van der Waals surface area contributed by atoms with Gasteiger partial charge in [0.2, 0.25) is 5.91 Å². The fourth-order valence-electron chi connectivity index (χ4n) is 2.49. The van der Waals surface area contributed by atoms with Gasteiger partial charge in [-0.3, -0.25) is 4.79 Å². The van der Waals surface area contributed by atoms with E-state index in [4.69, 9.17) is 0 Å². The molecule has 2 bridgehead atoms. The Labute approximate surface area is 103 Å². The minimum Gasteiger partial charge on any atom is -0.272 e. The average Bonchev–Trinajstić information content (AvgIpc) is 2.42. The molecular weight excluding hydrogens is 210 g/mol. The first-order valence-electron chi connectivity index (χ1n) is 6.13. The van der Waals surface area contributed by atoms with E-state index in [-0.39, 0.29) is 11.3 Å². The van der Waals surface area contributed by atoms with Crippen LogP contribution in [0.1, 0.15) is 34.1 Å². The Morgan fingerprint density at radius 2 is 1.88 bits per heavy atom. The first-order chi connectivity index (χ1) is 7.93. The number of hydrogen-bond donors (Lipinski definition) is 0. The predicted octanol–water partition coefficient (Wildman–Crippen LogP) is 3.46. The van der Waals surface area contributed by atoms with Crippen molar-refractivity contribution >= 4 is 11.6 Å². The van der Waals surface area contributed by atoms with E-state index in [1.807, 2.05) is 18.2 Å². The minimum absolute atomic E-state index is 0.0216. The summed E-state index contributed by atoms with van der Waals surface area (Å²) >= 11 is 0. The second kappa shape index (κ2) is 4.10. The van der Waals surface area contributed by atoms with Crippen LogP contribution in [0.25, 0.3) is 0 Å². The molecule has 1 heterocycles. The van der Waals surface area contributed by atoms with Crippen LogP contribution in [0, 0.1) is 11.3 Å². The molecule has 2 heteroatoms. The Morgan fingerprint density at radius 1 is 1.24 bits per heavy atom. The highest BCUT2D eigenvalue weighted by Gasteiger charge is 2.34. The molecule has 1 aliphatic heterocycles. The number of rotatable bonds is 1. The van der Waals surface area contributed by atoms with E-state index >= 15 is 0 Å². The lowest BCUT2D eigenvalue weighted by atomic mass is 9.76. The number of aliphatic imine (C=N–C) groups is 1. The second-order valence-electron chi connectivity index (χ2n) is 5.50. The van der Waals surface area contributed by atoms with Crippen molar-refractivity contribution in [3.8, 4) is 0 Å². The normalized spacial score (nSPS) is 22.6. The zero-order chi connectivity index (χ0) is 12.6. The summed E-state index contributed by atoms with van der Waals surface area (Å²) in [4.78, 5) is 16.1. The van der Waals surface area contributed by atoms with Crippen molar-refractivity contribution in [1.82, 2.24) is 0 Å². The molecule has 90 valence electrons. The quantitative estimate of drug-likeness (QED) is 0.677. The summed E-state index contributed by atoms with van der Waals surface area (Å²) in [5, 5.41) is 0. The summed E-state index contributed by atoms with van der Waals surface area (Å²) in [5.74, 6) is 0.359. The molecule has 0 spiro atoms. The number of nitrogens with zero attached hydrogens (tertiary/aromatic N) is 1. The topological polar surface area (TPSA) is 29.4 Å². The van der Waals surface area contributed by atoms with Gasteiger partial charge in [0.1, 0.15) is 0 Å². The molecule has 0 aromatic carbocycles. The summed E-state index contributed by atoms with van der Waals surface area (Å²) in [6, 6.07) is 0. The summed E-state index contributed by atoms with van der Waals surface area (Å²) in [5.41, 5.74) is 3.17. The molecule has 17 heavy (non-hydrogen) atoms. The van der Waals surface area contributed by atoms with Gasteiger partial charge >= 0.3 is 0 Å². The van der Waals surface area contributed by atoms with Crippen LogP contribution < -0.4 is 0 Å². The van der Waals surface area contributed by atoms with Gasteiger partial charge in [0, 0.05) is 5.41 Å². The predicted molar refractivity (Wildman–Crippen MR) is 71.0 cm³/mol. The zero-order valence-electron chi connectivity index (χ0n) is 10.9. The standard InChI is InChI=1S/C15H19NO/c1-10(2)11-9-14(17)16-13-8-6-5-7-12(11)15(13,3)4/h5-8,10H,9H2,1-4H3. The highest BCUT2D eigenvalue weighted by Crippen LogP contribution is 2.39. The van der Waals surface area contributed by atoms with Crippen molar-refractivity contribution in [3.63, 3.8) is 0 Å². The first-order valence-corrected chi connectivity index (χ1v) is 6.13. The number of carbonyl (C=O) groups is 1. The van der Waals surface area contributed by atoms with Crippen LogP contribution in [0.15, 0.2) is 40.4 Å². The third kappa shape index (κ3) is 2.04. The monoisotopic (exact) mass is 229 g/mol. The number of carbonyl (C=O) groups excluding carboxylic acids is 1. The van der Waals surface area contributed by atoms with E-state index in [2.05, 4.69) is 38.8 Å². The summed E-state index contributed by atoms with van der Waals surface area (Å²) < 4.78 is 0. The van der Waals surface area contributed by atoms with Crippen molar-refractivity contribution in [2.45, 2.75) is 34.1 Å². The Hall–Kier alpha value is -1.44. The van der Waals surface area contributed by atoms with Crippen molar-refractivity contribution < 1.29 is 4.79 Å². The Kier molecular flexibility index (Phi) is 2.90. The molecule has 1 amide bonds. The fourth-order valence-corrected chi connectivity index (χ4v) is 2.49. The zero-order valence-corrected chi connectivity index (χ0v) is 10.9. The third-order valence-electron chi connectivity index (χ3n) is 3.57. The summed E-state index contributed by atoms with van der Waals surface area (Å²) in [7, 11) is 0. The van der Waals surface area contributed by atoms with Crippen molar-refractivity contribution in [3.05, 3.63) is 35.5 Å². The number of allylic oxidation sites excluding steroid dienone is 5. The molecule has 2 rings (SSSR count). The molecule has 2 nitrogen and oxygen atoms in total. The Morgan fingerprint density at radius 3 is 2.53 bits per heavy atom. The Bertz CT molecular complexity index is 473. The molecule has 0 saturated heterocycles. The highest BCUT2D eigenvalue weighted by molar-refractivity contribution is 6.09. The van der Waals surface area contributed by atoms with Crippen LogP contribution in [-0.2, 0) is 4.79 Å². The second-order valence-corrected chi connectivity index (χ2v) is 5.50. The molecule has 0 unspecified atom stereocenters. The van der Waals surface area contributed by atoms with Gasteiger partial charge in [-0.25, -0.2) is 4.99 Å². The van der Waals surface area contributed by atoms with Gasteiger partial charge in [0.15, 0.2) is 0 Å². The number of hydrogen-bond acceptors (Lipinski definition) is 1. The van der Waals surface area contributed by atoms with E-state index in [9.17, 15) is 4.79 Å². The average molecular weight is 229 g/mol. The van der Waals surface area contributed by atoms with Gasteiger partial charge in [0.05, 0.1) is 12.1 Å². The van der Waals surface area contributed by atoms with Gasteiger partial charge in [-0.1, -0.05) is 51.5 Å². The van der Waals surface area contributed by atoms with Crippen LogP contribution in [0.5, 0.6) is 0 Å². The Balaban J connectivity index is 2.70. The maximum absolute atomic E-state index is 11.9. The van der Waals surface area contributed by atoms with Crippen LogP contribution in [0.3, 0.4) is 0 Å². The van der Waals surface area contributed by atoms with E-state index in [1.165, 1.54) is 11.1 Å². The molecule has 0 aromatic rings. The summed E-state index contributed by atoms with van der Waals surface area (Å²) in [6.07, 6.45) is 8.54. The van der Waals surface area contributed by atoms with E-state index in [1.54, 1.807) is 0 Å². The van der Waals surface area contributed by atoms with Gasteiger partial charge in [-0.15, -0.1) is 0 Å². The molecule has 0 radical (unpaired) electrons. The van der Waals surface area contributed by atoms with Crippen molar-refractivity contribution in [2.75, 3.05) is 0 Å². The third-order valence-corrected chi connectivity index (χ3v) is 3.57. The molecular formula is C15H19NO. The molecule has 1 aliphatic carbocycles. The first kappa shape index (κ1) is 12.0. The van der Waals surface area contributed by atoms with E-state index < -0.39 is 0 Å². The molecule has 0 aromatic heterocycles. The van der Waals surface area contributed by atoms with Gasteiger partial charge in [-0.2, -0.15) is 0 Å². The van der Waals surface area contributed by atoms with Crippen molar-refractivity contribution in [1.29, 1.82) is 0 Å². The lowest BCUT2D eigenvalue weighted by Crippen LogP contribution is -2.24. The van der Waals surface area contributed by atoms with Gasteiger partial charge < -0.3 is 0 Å². The SMILES string of the molecule is CC(C)C1=C2C=CC=CC(=NC(=O)C1)C2(C)C. The summed E-state index contributed by atoms with van der Waals surface area (Å²) in [6.45, 7) is 8.57. The maximum Gasteiger partial charge on any atom is 0.250 e. The number of amides is 1. The molecule has 0 fully saturated rings. The molecule has 0 saturated carbocycles. The van der Waals surface area contributed by atoms with Crippen LogP contribution in [0.2, 0.25) is 0 Å². The van der Waals surface area contributed by atoms with E-state index in [0.29, 0.717) is 12.3 Å². The van der Waals surface area contributed by atoms with Crippen LogP contribution >= 0.6 is 0 Å². The van der Waals surface area contributed by atoms with Gasteiger partial charge in [0.25, 0.3) is 0 Å². The lowest BCUT2D eigenvalue weighted by molar-refractivity contribution is -0.117. The number of fused-ring (bicyclic) bond motifs is 2. The maximum atomic E-state index is 11.9. The minimum atomic E-state index is -0.171. The molecule has 2 aliphatic rings. The fraction of sp³-hybridized carbons (Fsp3) is 0.467.